The molecule has 2 aromatic heterocycles. The van der Waals surface area contributed by atoms with Crippen LogP contribution in [0.4, 0.5) is 0 Å². The number of pyridine rings is 1. The van der Waals surface area contributed by atoms with Crippen molar-refractivity contribution in [3.63, 3.8) is 0 Å². The highest BCUT2D eigenvalue weighted by Crippen LogP contribution is 2.12. The minimum Gasteiger partial charge on any atom is -0.478 e. The molecule has 0 saturated carbocycles. The highest BCUT2D eigenvalue weighted by molar-refractivity contribution is 5.87. The van der Waals surface area contributed by atoms with Gasteiger partial charge >= 0.3 is 5.97 Å². The summed E-state index contributed by atoms with van der Waals surface area (Å²) in [5.41, 5.74) is 1.61. The van der Waals surface area contributed by atoms with Gasteiger partial charge in [-0.15, -0.1) is 0 Å². The first-order valence-corrected chi connectivity index (χ1v) is 3.95. The Hall–Kier alpha value is -2.17. The highest BCUT2D eigenvalue weighted by Gasteiger charge is 2.04. The number of carboxylic acids is 1. The molecule has 0 aliphatic heterocycles. The second-order valence-electron chi connectivity index (χ2n) is 2.70. The smallest absolute Gasteiger partial charge is 0.337 e. The molecule has 0 radical (unpaired) electrons. The second kappa shape index (κ2) is 3.29. The van der Waals surface area contributed by atoms with Gasteiger partial charge < -0.3 is 10.1 Å². The summed E-state index contributed by atoms with van der Waals surface area (Å²) in [4.78, 5) is 21.3. The molecule has 2 aromatic rings. The van der Waals surface area contributed by atoms with Gasteiger partial charge in [-0.1, -0.05) is 0 Å². The lowest BCUT2D eigenvalue weighted by molar-refractivity contribution is 0.0696. The topological polar surface area (TPSA) is 78.9 Å². The van der Waals surface area contributed by atoms with Crippen LogP contribution >= 0.6 is 0 Å². The van der Waals surface area contributed by atoms with E-state index in [1.165, 1.54) is 12.3 Å². The fourth-order valence-electron chi connectivity index (χ4n) is 1.08. The zero-order chi connectivity index (χ0) is 9.97. The van der Waals surface area contributed by atoms with Crippen LogP contribution in [0.1, 0.15) is 10.4 Å². The molecule has 0 aliphatic rings. The Balaban J connectivity index is 2.36. The molecule has 14 heavy (non-hydrogen) atoms. The minimum atomic E-state index is -0.978. The summed E-state index contributed by atoms with van der Waals surface area (Å²) in [6.07, 6.45) is 4.49. The number of H-pyrrole nitrogens is 1. The van der Waals surface area contributed by atoms with E-state index in [0.717, 1.165) is 5.69 Å². The number of hydrogen-bond donors (Lipinski definition) is 2. The van der Waals surface area contributed by atoms with Crippen molar-refractivity contribution in [3.8, 4) is 11.4 Å². The Kier molecular flexibility index (Phi) is 1.98. The van der Waals surface area contributed by atoms with Gasteiger partial charge in [0, 0.05) is 6.20 Å². The van der Waals surface area contributed by atoms with Gasteiger partial charge in [0.25, 0.3) is 0 Å². The van der Waals surface area contributed by atoms with Crippen LogP contribution in [-0.4, -0.2) is 26.0 Å². The standard InChI is InChI=1S/C9H7N3O2/c13-9(14)6-1-2-7(11-3-6)8-4-10-5-12-8/h1-5H,(H,10,12)(H,13,14). The van der Waals surface area contributed by atoms with Crippen LogP contribution in [0.25, 0.3) is 11.4 Å². The molecule has 2 N–H and O–H groups in total. The maximum absolute atomic E-state index is 10.5. The summed E-state index contributed by atoms with van der Waals surface area (Å²) < 4.78 is 0. The van der Waals surface area contributed by atoms with Crippen LogP contribution in [-0.2, 0) is 0 Å². The lowest BCUT2D eigenvalue weighted by Crippen LogP contribution is -1.96. The first-order valence-electron chi connectivity index (χ1n) is 3.95. The van der Waals surface area contributed by atoms with E-state index in [4.69, 9.17) is 5.11 Å². The van der Waals surface area contributed by atoms with Crippen molar-refractivity contribution in [1.82, 2.24) is 15.0 Å². The van der Waals surface area contributed by atoms with Crippen LogP contribution in [0.3, 0.4) is 0 Å². The number of carboxylic acid groups (broad SMARTS) is 1. The van der Waals surface area contributed by atoms with Crippen molar-refractivity contribution >= 4 is 5.97 Å². The molecule has 0 amide bonds. The van der Waals surface area contributed by atoms with E-state index in [9.17, 15) is 4.79 Å². The Labute approximate surface area is 79.5 Å². The summed E-state index contributed by atoms with van der Waals surface area (Å²) in [6.45, 7) is 0. The van der Waals surface area contributed by atoms with Crippen LogP contribution in [0, 0.1) is 0 Å². The van der Waals surface area contributed by atoms with Gasteiger partial charge in [-0.3, -0.25) is 4.98 Å². The predicted octanol–water partition coefficient (Wildman–Crippen LogP) is 1.17. The van der Waals surface area contributed by atoms with Crippen LogP contribution in [0.15, 0.2) is 30.9 Å². The van der Waals surface area contributed by atoms with Crippen LogP contribution < -0.4 is 0 Å². The van der Waals surface area contributed by atoms with Crippen LogP contribution in [0.5, 0.6) is 0 Å². The third kappa shape index (κ3) is 1.47. The minimum absolute atomic E-state index is 0.174. The summed E-state index contributed by atoms with van der Waals surface area (Å²) in [7, 11) is 0. The molecule has 5 nitrogen and oxygen atoms in total. The first kappa shape index (κ1) is 8.43. The number of hydrogen-bond acceptors (Lipinski definition) is 3. The third-order valence-electron chi connectivity index (χ3n) is 1.78. The normalized spacial score (nSPS) is 10.0. The van der Waals surface area contributed by atoms with Gasteiger partial charge in [-0.05, 0) is 12.1 Å². The van der Waals surface area contributed by atoms with E-state index in [1.54, 1.807) is 18.6 Å². The quantitative estimate of drug-likeness (QED) is 0.743. The van der Waals surface area contributed by atoms with Crippen molar-refractivity contribution in [3.05, 3.63) is 36.4 Å². The number of aromatic amines is 1. The molecule has 0 spiro atoms. The van der Waals surface area contributed by atoms with E-state index in [0.29, 0.717) is 5.69 Å². The second-order valence-corrected chi connectivity index (χ2v) is 2.70. The summed E-state index contributed by atoms with van der Waals surface area (Å²) in [6, 6.07) is 3.14. The van der Waals surface area contributed by atoms with E-state index in [1.807, 2.05) is 0 Å². The van der Waals surface area contributed by atoms with Gasteiger partial charge in [0.05, 0.1) is 29.5 Å². The zero-order valence-electron chi connectivity index (χ0n) is 7.14. The number of aromatic nitrogens is 3. The fraction of sp³-hybridized carbons (Fsp3) is 0. The molecule has 0 fully saturated rings. The molecule has 0 aliphatic carbocycles. The largest absolute Gasteiger partial charge is 0.478 e. The van der Waals surface area contributed by atoms with Gasteiger partial charge in [-0.2, -0.15) is 0 Å². The fourth-order valence-corrected chi connectivity index (χ4v) is 1.08. The first-order chi connectivity index (χ1) is 6.77. The molecule has 0 bridgehead atoms. The molecular formula is C9H7N3O2. The molecule has 70 valence electrons. The van der Waals surface area contributed by atoms with E-state index < -0.39 is 5.97 Å². The molecule has 5 heteroatoms. The molecular weight excluding hydrogens is 182 g/mol. The molecule has 2 heterocycles. The zero-order valence-corrected chi connectivity index (χ0v) is 7.14. The summed E-state index contributed by atoms with van der Waals surface area (Å²) in [5.74, 6) is -0.978. The van der Waals surface area contributed by atoms with Crippen molar-refractivity contribution in [2.75, 3.05) is 0 Å². The van der Waals surface area contributed by atoms with Crippen molar-refractivity contribution in [1.29, 1.82) is 0 Å². The van der Waals surface area contributed by atoms with Gasteiger partial charge in [-0.25, -0.2) is 9.78 Å². The predicted molar refractivity (Wildman–Crippen MR) is 48.8 cm³/mol. The molecule has 0 saturated heterocycles. The Bertz CT molecular complexity index is 434. The SMILES string of the molecule is O=C(O)c1ccc(-c2cnc[nH]2)nc1. The number of nitrogens with one attached hydrogen (secondary N) is 1. The molecule has 0 unspecified atom stereocenters. The van der Waals surface area contributed by atoms with Crippen molar-refractivity contribution in [2.24, 2.45) is 0 Å². The lowest BCUT2D eigenvalue weighted by atomic mass is 10.2. The molecule has 2 rings (SSSR count). The van der Waals surface area contributed by atoms with Crippen molar-refractivity contribution in [2.45, 2.75) is 0 Å². The summed E-state index contributed by atoms with van der Waals surface area (Å²) in [5, 5.41) is 8.65. The van der Waals surface area contributed by atoms with Crippen LogP contribution in [0.2, 0.25) is 0 Å². The number of carbonyl (C=O) groups is 1. The molecule has 0 atom stereocenters. The average Bonchev–Trinajstić information content (AvgIpc) is 2.71. The monoisotopic (exact) mass is 189 g/mol. The number of imidazole rings is 1. The lowest BCUT2D eigenvalue weighted by Gasteiger charge is -1.96. The number of aromatic carboxylic acids is 1. The highest BCUT2D eigenvalue weighted by atomic mass is 16.4. The summed E-state index contributed by atoms with van der Waals surface area (Å²) >= 11 is 0. The van der Waals surface area contributed by atoms with E-state index in [-0.39, 0.29) is 5.56 Å². The maximum Gasteiger partial charge on any atom is 0.337 e. The van der Waals surface area contributed by atoms with E-state index in [2.05, 4.69) is 15.0 Å². The maximum atomic E-state index is 10.5. The van der Waals surface area contributed by atoms with Gasteiger partial charge in [0.15, 0.2) is 0 Å². The Morgan fingerprint density at radius 1 is 1.36 bits per heavy atom. The molecule has 0 aromatic carbocycles. The number of rotatable bonds is 2. The van der Waals surface area contributed by atoms with Gasteiger partial charge in [0.1, 0.15) is 0 Å². The average molecular weight is 189 g/mol. The number of nitrogens with zero attached hydrogens (tertiary/aromatic N) is 2. The van der Waals surface area contributed by atoms with Gasteiger partial charge in [0.2, 0.25) is 0 Å². The Morgan fingerprint density at radius 3 is 2.71 bits per heavy atom. The third-order valence-corrected chi connectivity index (χ3v) is 1.78. The van der Waals surface area contributed by atoms with E-state index >= 15 is 0 Å². The van der Waals surface area contributed by atoms with Crippen molar-refractivity contribution < 1.29 is 9.90 Å². The Morgan fingerprint density at radius 2 is 2.21 bits per heavy atom.